The van der Waals surface area contributed by atoms with Crippen molar-refractivity contribution in [3.05, 3.63) is 34.9 Å². The number of hydrogen-bond acceptors (Lipinski definition) is 3. The first-order valence-corrected chi connectivity index (χ1v) is 5.15. The number of nitrogens with zero attached hydrogens (tertiary/aromatic N) is 2. The van der Waals surface area contributed by atoms with Crippen molar-refractivity contribution >= 4 is 16.9 Å². The number of nitrogen functional groups attached to an aromatic ring is 1. The third-order valence-electron chi connectivity index (χ3n) is 2.83. The van der Waals surface area contributed by atoms with Gasteiger partial charge in [-0.15, -0.1) is 0 Å². The molecule has 0 fully saturated rings. The summed E-state index contributed by atoms with van der Waals surface area (Å²) in [5.74, 6) is 0.569. The monoisotopic (exact) mass is 229 g/mol. The number of hydrogen-bond donors (Lipinski definition) is 3. The van der Waals surface area contributed by atoms with E-state index in [0.717, 1.165) is 22.2 Å². The van der Waals surface area contributed by atoms with E-state index in [1.165, 1.54) is 0 Å². The lowest BCUT2D eigenvalue weighted by molar-refractivity contribution is 0.779. The Balaban J connectivity index is 2.37. The standard InChI is InChI=1S/C11H11N5O/c1-16-10(12)7(5-13-16)6-3-2-4-8-9(6)15-11(17)14-8/h2-5H,12H2,1H3,(H2,14,15,17). The van der Waals surface area contributed by atoms with E-state index in [2.05, 4.69) is 15.1 Å². The second-order valence-corrected chi connectivity index (χ2v) is 3.87. The molecule has 86 valence electrons. The van der Waals surface area contributed by atoms with Crippen LogP contribution in [0.4, 0.5) is 5.82 Å². The van der Waals surface area contributed by atoms with E-state index in [4.69, 9.17) is 5.73 Å². The van der Waals surface area contributed by atoms with Crippen molar-refractivity contribution in [3.63, 3.8) is 0 Å². The predicted octanol–water partition coefficient (Wildman–Crippen LogP) is 0.839. The number of nitrogens with two attached hydrogens (primary N) is 1. The van der Waals surface area contributed by atoms with Gasteiger partial charge in [0.25, 0.3) is 0 Å². The average molecular weight is 229 g/mol. The summed E-state index contributed by atoms with van der Waals surface area (Å²) in [6.45, 7) is 0. The molecule has 3 rings (SSSR count). The third-order valence-corrected chi connectivity index (χ3v) is 2.83. The van der Waals surface area contributed by atoms with Crippen LogP contribution in [0.15, 0.2) is 29.2 Å². The fourth-order valence-corrected chi connectivity index (χ4v) is 1.94. The summed E-state index contributed by atoms with van der Waals surface area (Å²) in [7, 11) is 1.78. The highest BCUT2D eigenvalue weighted by atomic mass is 16.1. The van der Waals surface area contributed by atoms with Gasteiger partial charge in [-0.3, -0.25) is 4.68 Å². The van der Waals surface area contributed by atoms with E-state index in [-0.39, 0.29) is 5.69 Å². The first kappa shape index (κ1) is 9.71. The van der Waals surface area contributed by atoms with Crippen molar-refractivity contribution in [2.75, 3.05) is 5.73 Å². The molecule has 0 spiro atoms. The number of para-hydroxylation sites is 1. The summed E-state index contributed by atoms with van der Waals surface area (Å²) in [5, 5.41) is 4.10. The molecule has 6 nitrogen and oxygen atoms in total. The van der Waals surface area contributed by atoms with Gasteiger partial charge in [0.05, 0.1) is 17.2 Å². The molecule has 2 heterocycles. The van der Waals surface area contributed by atoms with E-state index < -0.39 is 0 Å². The van der Waals surface area contributed by atoms with Crippen LogP contribution in [-0.4, -0.2) is 19.7 Å². The number of aromatic amines is 2. The minimum absolute atomic E-state index is 0.227. The molecule has 0 amide bonds. The van der Waals surface area contributed by atoms with Gasteiger partial charge in [0.2, 0.25) is 0 Å². The molecule has 3 aromatic rings. The summed E-state index contributed by atoms with van der Waals surface area (Å²) in [5.41, 5.74) is 8.89. The Labute approximate surface area is 96.1 Å². The molecule has 0 bridgehead atoms. The zero-order chi connectivity index (χ0) is 12.0. The molecule has 0 aliphatic heterocycles. The second-order valence-electron chi connectivity index (χ2n) is 3.87. The maximum atomic E-state index is 11.3. The lowest BCUT2D eigenvalue weighted by atomic mass is 10.1. The Kier molecular flexibility index (Phi) is 1.85. The molecule has 0 saturated carbocycles. The molecule has 0 saturated heterocycles. The van der Waals surface area contributed by atoms with Gasteiger partial charge in [-0.1, -0.05) is 12.1 Å². The minimum atomic E-state index is -0.227. The quantitative estimate of drug-likeness (QED) is 0.577. The van der Waals surface area contributed by atoms with Crippen molar-refractivity contribution < 1.29 is 0 Å². The van der Waals surface area contributed by atoms with Crippen LogP contribution in [0.2, 0.25) is 0 Å². The Morgan fingerprint density at radius 3 is 2.82 bits per heavy atom. The first-order chi connectivity index (χ1) is 8.16. The Morgan fingerprint density at radius 1 is 1.29 bits per heavy atom. The fraction of sp³-hybridized carbons (Fsp3) is 0.0909. The molecular formula is C11H11N5O. The SMILES string of the molecule is Cn1ncc(-c2cccc3[nH]c(=O)[nH]c23)c1N. The van der Waals surface area contributed by atoms with Gasteiger partial charge in [-0.05, 0) is 6.07 Å². The smallest absolute Gasteiger partial charge is 0.323 e. The molecule has 17 heavy (non-hydrogen) atoms. The molecule has 0 aliphatic carbocycles. The number of H-pyrrole nitrogens is 2. The van der Waals surface area contributed by atoms with Gasteiger partial charge in [0.15, 0.2) is 0 Å². The molecular weight excluding hydrogens is 218 g/mol. The summed E-state index contributed by atoms with van der Waals surface area (Å²) < 4.78 is 1.60. The van der Waals surface area contributed by atoms with Crippen LogP contribution in [-0.2, 0) is 7.05 Å². The topological polar surface area (TPSA) is 92.5 Å². The van der Waals surface area contributed by atoms with Gasteiger partial charge >= 0.3 is 5.69 Å². The highest BCUT2D eigenvalue weighted by molar-refractivity contribution is 5.94. The van der Waals surface area contributed by atoms with Crippen LogP contribution in [0.5, 0.6) is 0 Å². The number of anilines is 1. The number of rotatable bonds is 1. The van der Waals surface area contributed by atoms with E-state index in [9.17, 15) is 4.79 Å². The van der Waals surface area contributed by atoms with E-state index in [1.54, 1.807) is 17.9 Å². The average Bonchev–Trinajstić information content (AvgIpc) is 2.82. The van der Waals surface area contributed by atoms with Crippen molar-refractivity contribution in [1.29, 1.82) is 0 Å². The van der Waals surface area contributed by atoms with Crippen molar-refractivity contribution in [2.24, 2.45) is 7.05 Å². The zero-order valence-corrected chi connectivity index (χ0v) is 9.19. The van der Waals surface area contributed by atoms with Crippen LogP contribution >= 0.6 is 0 Å². The highest BCUT2D eigenvalue weighted by Gasteiger charge is 2.11. The summed E-state index contributed by atoms with van der Waals surface area (Å²) >= 11 is 0. The molecule has 2 aromatic heterocycles. The molecule has 0 unspecified atom stereocenters. The lowest BCUT2D eigenvalue weighted by Crippen LogP contribution is -2.00. The van der Waals surface area contributed by atoms with Crippen molar-refractivity contribution in [3.8, 4) is 11.1 Å². The normalized spacial score (nSPS) is 11.1. The highest BCUT2D eigenvalue weighted by Crippen LogP contribution is 2.29. The lowest BCUT2D eigenvalue weighted by Gasteiger charge is -2.01. The summed E-state index contributed by atoms with van der Waals surface area (Å²) in [4.78, 5) is 16.8. The molecule has 0 atom stereocenters. The maximum absolute atomic E-state index is 11.3. The van der Waals surface area contributed by atoms with Crippen LogP contribution in [0, 0.1) is 0 Å². The molecule has 0 aliphatic rings. The Bertz CT molecular complexity index is 749. The molecule has 6 heteroatoms. The van der Waals surface area contributed by atoms with Crippen molar-refractivity contribution in [2.45, 2.75) is 0 Å². The zero-order valence-electron chi connectivity index (χ0n) is 9.19. The van der Waals surface area contributed by atoms with E-state index >= 15 is 0 Å². The first-order valence-electron chi connectivity index (χ1n) is 5.15. The van der Waals surface area contributed by atoms with E-state index in [0.29, 0.717) is 5.82 Å². The van der Waals surface area contributed by atoms with Gasteiger partial charge in [0, 0.05) is 18.2 Å². The van der Waals surface area contributed by atoms with Crippen LogP contribution in [0.3, 0.4) is 0 Å². The largest absolute Gasteiger partial charge is 0.383 e. The number of fused-ring (bicyclic) bond motifs is 1. The molecule has 0 radical (unpaired) electrons. The van der Waals surface area contributed by atoms with Crippen molar-refractivity contribution in [1.82, 2.24) is 19.7 Å². The van der Waals surface area contributed by atoms with Gasteiger partial charge < -0.3 is 15.7 Å². The minimum Gasteiger partial charge on any atom is -0.383 e. The maximum Gasteiger partial charge on any atom is 0.323 e. The fourth-order valence-electron chi connectivity index (χ4n) is 1.94. The Morgan fingerprint density at radius 2 is 2.12 bits per heavy atom. The number of aromatic nitrogens is 4. The van der Waals surface area contributed by atoms with Crippen LogP contribution in [0.1, 0.15) is 0 Å². The summed E-state index contributed by atoms with van der Waals surface area (Å²) in [6, 6.07) is 5.61. The van der Waals surface area contributed by atoms with Gasteiger partial charge in [0.1, 0.15) is 5.82 Å². The van der Waals surface area contributed by atoms with Gasteiger partial charge in [-0.2, -0.15) is 5.10 Å². The third kappa shape index (κ3) is 1.34. The predicted molar refractivity (Wildman–Crippen MR) is 65.5 cm³/mol. The number of benzene rings is 1. The summed E-state index contributed by atoms with van der Waals surface area (Å²) in [6.07, 6.45) is 1.69. The van der Waals surface area contributed by atoms with E-state index in [1.807, 2.05) is 18.2 Å². The second kappa shape index (κ2) is 3.24. The van der Waals surface area contributed by atoms with Crippen LogP contribution in [0.25, 0.3) is 22.2 Å². The number of aryl methyl sites for hydroxylation is 1. The molecule has 1 aromatic carbocycles. The Hall–Kier alpha value is -2.50. The molecule has 4 N–H and O–H groups in total. The van der Waals surface area contributed by atoms with Gasteiger partial charge in [-0.25, -0.2) is 4.79 Å². The van der Waals surface area contributed by atoms with Crippen LogP contribution < -0.4 is 11.4 Å². The number of imidazole rings is 1. The number of nitrogens with one attached hydrogen (secondary N) is 2.